The fourth-order valence-electron chi connectivity index (χ4n) is 3.50. The van der Waals surface area contributed by atoms with E-state index in [1.807, 2.05) is 12.1 Å². The molecule has 0 saturated carbocycles. The standard InChI is InChI=1S/C19H17F3N4O2/c20-19(21,22)18-24-14-2-1-12(8-15(14)25-18)17(28)26-9-13(16(27)10-26)7-11-3-5-23-6-4-11/h1-6,8,13,16,27H,7,9-10H2,(H,24,25)/t13-,16-/m1/s1. The molecule has 28 heavy (non-hydrogen) atoms. The number of likely N-dealkylation sites (tertiary alicyclic amines) is 1. The number of fused-ring (bicyclic) bond motifs is 1. The number of nitrogens with zero attached hydrogens (tertiary/aromatic N) is 3. The zero-order chi connectivity index (χ0) is 19.9. The SMILES string of the molecule is O=C(c1ccc2nc(C(F)(F)F)[nH]c2c1)N1C[C@@H](Cc2ccncc2)[C@H](O)C1. The van der Waals surface area contributed by atoms with Crippen LogP contribution in [0.4, 0.5) is 13.2 Å². The number of pyridine rings is 1. The number of aliphatic hydroxyl groups is 1. The van der Waals surface area contributed by atoms with Crippen molar-refractivity contribution in [3.8, 4) is 0 Å². The van der Waals surface area contributed by atoms with Crippen LogP contribution in [0.1, 0.15) is 21.7 Å². The highest BCUT2D eigenvalue weighted by atomic mass is 19.4. The van der Waals surface area contributed by atoms with E-state index in [1.54, 1.807) is 12.4 Å². The minimum absolute atomic E-state index is 0.112. The van der Waals surface area contributed by atoms with Gasteiger partial charge in [0, 0.05) is 37.0 Å². The van der Waals surface area contributed by atoms with Gasteiger partial charge in [-0.2, -0.15) is 13.2 Å². The van der Waals surface area contributed by atoms with Crippen LogP contribution < -0.4 is 0 Å². The lowest BCUT2D eigenvalue weighted by Gasteiger charge is -2.16. The van der Waals surface area contributed by atoms with Crippen molar-refractivity contribution in [2.75, 3.05) is 13.1 Å². The Kier molecular flexibility index (Phi) is 4.54. The number of carbonyl (C=O) groups is 1. The number of aromatic nitrogens is 3. The molecule has 2 N–H and O–H groups in total. The first kappa shape index (κ1) is 18.4. The molecule has 6 nitrogen and oxygen atoms in total. The minimum atomic E-state index is -4.58. The zero-order valence-corrected chi connectivity index (χ0v) is 14.6. The number of amides is 1. The largest absolute Gasteiger partial charge is 0.449 e. The van der Waals surface area contributed by atoms with Crippen LogP contribution >= 0.6 is 0 Å². The molecule has 0 unspecified atom stereocenters. The summed E-state index contributed by atoms with van der Waals surface area (Å²) >= 11 is 0. The maximum absolute atomic E-state index is 12.8. The highest BCUT2D eigenvalue weighted by Crippen LogP contribution is 2.29. The Bertz CT molecular complexity index is 1000. The van der Waals surface area contributed by atoms with E-state index in [2.05, 4.69) is 15.0 Å². The normalized spacial score (nSPS) is 20.1. The number of benzene rings is 1. The second kappa shape index (κ2) is 6.90. The van der Waals surface area contributed by atoms with Crippen molar-refractivity contribution < 1.29 is 23.1 Å². The molecular formula is C19H17F3N4O2. The number of aromatic amines is 1. The number of hydrogen-bond acceptors (Lipinski definition) is 4. The zero-order valence-electron chi connectivity index (χ0n) is 14.6. The Hall–Kier alpha value is -2.94. The molecule has 4 rings (SSSR count). The van der Waals surface area contributed by atoms with Gasteiger partial charge in [-0.3, -0.25) is 9.78 Å². The van der Waals surface area contributed by atoms with Crippen molar-refractivity contribution in [2.45, 2.75) is 18.7 Å². The van der Waals surface area contributed by atoms with Gasteiger partial charge in [0.1, 0.15) is 0 Å². The average Bonchev–Trinajstić information content (AvgIpc) is 3.25. The van der Waals surface area contributed by atoms with Gasteiger partial charge < -0.3 is 15.0 Å². The average molecular weight is 390 g/mol. The Morgan fingerprint density at radius 1 is 1.21 bits per heavy atom. The first-order valence-corrected chi connectivity index (χ1v) is 8.74. The summed E-state index contributed by atoms with van der Waals surface area (Å²) in [5, 5.41) is 10.3. The van der Waals surface area contributed by atoms with Gasteiger partial charge in [0.2, 0.25) is 5.82 Å². The van der Waals surface area contributed by atoms with E-state index in [-0.39, 0.29) is 35.0 Å². The Balaban J connectivity index is 1.51. The number of β-amino-alcohol motifs (C(OH)–C–C–N with tert-alkyl or cyclic N) is 1. The number of imidazole rings is 1. The van der Waals surface area contributed by atoms with Gasteiger partial charge in [0.15, 0.2) is 0 Å². The van der Waals surface area contributed by atoms with Gasteiger partial charge in [-0.25, -0.2) is 4.98 Å². The van der Waals surface area contributed by atoms with Crippen molar-refractivity contribution in [1.29, 1.82) is 0 Å². The van der Waals surface area contributed by atoms with Crippen molar-refractivity contribution in [3.05, 3.63) is 59.7 Å². The monoisotopic (exact) mass is 390 g/mol. The summed E-state index contributed by atoms with van der Waals surface area (Å²) in [6, 6.07) is 7.93. The van der Waals surface area contributed by atoms with Crippen LogP contribution in [0.3, 0.4) is 0 Å². The molecule has 0 radical (unpaired) electrons. The smallest absolute Gasteiger partial charge is 0.391 e. The van der Waals surface area contributed by atoms with Crippen LogP contribution in [0.15, 0.2) is 42.7 Å². The summed E-state index contributed by atoms with van der Waals surface area (Å²) in [5.41, 5.74) is 1.56. The van der Waals surface area contributed by atoms with Gasteiger partial charge in [-0.1, -0.05) is 0 Å². The molecule has 3 heterocycles. The quantitative estimate of drug-likeness (QED) is 0.720. The van der Waals surface area contributed by atoms with Crippen LogP contribution in [0.5, 0.6) is 0 Å². The number of alkyl halides is 3. The molecule has 1 aliphatic heterocycles. The highest BCUT2D eigenvalue weighted by Gasteiger charge is 2.36. The fraction of sp³-hybridized carbons (Fsp3) is 0.316. The van der Waals surface area contributed by atoms with Crippen LogP contribution in [-0.4, -0.2) is 50.1 Å². The lowest BCUT2D eigenvalue weighted by Crippen LogP contribution is -2.29. The van der Waals surface area contributed by atoms with Crippen molar-refractivity contribution >= 4 is 16.9 Å². The first-order valence-electron chi connectivity index (χ1n) is 8.74. The predicted octanol–water partition coefficient (Wildman–Crippen LogP) is 2.65. The van der Waals surface area contributed by atoms with Crippen LogP contribution in [0, 0.1) is 5.92 Å². The van der Waals surface area contributed by atoms with E-state index in [1.165, 1.54) is 23.1 Å². The summed E-state index contributed by atoms with van der Waals surface area (Å²) in [5.74, 6) is -1.54. The third kappa shape index (κ3) is 3.57. The van der Waals surface area contributed by atoms with Crippen molar-refractivity contribution in [2.24, 2.45) is 5.92 Å². The van der Waals surface area contributed by atoms with Gasteiger partial charge in [0.25, 0.3) is 5.91 Å². The molecule has 9 heteroatoms. The van der Waals surface area contributed by atoms with E-state index in [9.17, 15) is 23.1 Å². The van der Waals surface area contributed by atoms with Crippen LogP contribution in [0.2, 0.25) is 0 Å². The topological polar surface area (TPSA) is 82.1 Å². The first-order chi connectivity index (χ1) is 13.3. The molecule has 2 aromatic heterocycles. The third-order valence-electron chi connectivity index (χ3n) is 4.94. The number of nitrogens with one attached hydrogen (secondary N) is 1. The van der Waals surface area contributed by atoms with Crippen LogP contribution in [-0.2, 0) is 12.6 Å². The molecule has 2 atom stereocenters. The Morgan fingerprint density at radius 3 is 2.68 bits per heavy atom. The maximum Gasteiger partial charge on any atom is 0.449 e. The molecule has 146 valence electrons. The molecular weight excluding hydrogens is 373 g/mol. The number of carbonyl (C=O) groups excluding carboxylic acids is 1. The van der Waals surface area contributed by atoms with Gasteiger partial charge in [-0.05, 0) is 42.3 Å². The highest BCUT2D eigenvalue weighted by molar-refractivity contribution is 5.97. The summed E-state index contributed by atoms with van der Waals surface area (Å²) in [7, 11) is 0. The molecule has 0 bridgehead atoms. The summed E-state index contributed by atoms with van der Waals surface area (Å²) in [6.45, 7) is 0.556. The molecule has 1 aromatic carbocycles. The molecule has 1 amide bonds. The summed E-state index contributed by atoms with van der Waals surface area (Å²) in [6.07, 6.45) is -1.28. The number of halogens is 3. The van der Waals surface area contributed by atoms with E-state index < -0.39 is 18.1 Å². The molecule has 0 aliphatic carbocycles. The molecule has 1 saturated heterocycles. The second-order valence-corrected chi connectivity index (χ2v) is 6.91. The molecule has 1 fully saturated rings. The van der Waals surface area contributed by atoms with Gasteiger partial charge in [0.05, 0.1) is 17.1 Å². The lowest BCUT2D eigenvalue weighted by atomic mass is 9.97. The summed E-state index contributed by atoms with van der Waals surface area (Å²) < 4.78 is 38.4. The predicted molar refractivity (Wildman–Crippen MR) is 94.4 cm³/mol. The Morgan fingerprint density at radius 2 is 1.96 bits per heavy atom. The molecule has 1 aliphatic rings. The lowest BCUT2D eigenvalue weighted by molar-refractivity contribution is -0.144. The fourth-order valence-corrected chi connectivity index (χ4v) is 3.50. The van der Waals surface area contributed by atoms with E-state index in [0.29, 0.717) is 13.0 Å². The number of hydrogen-bond donors (Lipinski definition) is 2. The number of rotatable bonds is 3. The number of aliphatic hydroxyl groups excluding tert-OH is 1. The minimum Gasteiger partial charge on any atom is -0.391 e. The third-order valence-corrected chi connectivity index (χ3v) is 4.94. The second-order valence-electron chi connectivity index (χ2n) is 6.91. The van der Waals surface area contributed by atoms with Crippen molar-refractivity contribution in [3.63, 3.8) is 0 Å². The van der Waals surface area contributed by atoms with Crippen LogP contribution in [0.25, 0.3) is 11.0 Å². The maximum atomic E-state index is 12.8. The van der Waals surface area contributed by atoms with Gasteiger partial charge in [-0.15, -0.1) is 0 Å². The van der Waals surface area contributed by atoms with Gasteiger partial charge >= 0.3 is 6.18 Å². The number of H-pyrrole nitrogens is 1. The summed E-state index contributed by atoms with van der Waals surface area (Å²) in [4.78, 5) is 24.0. The van der Waals surface area contributed by atoms with Crippen molar-refractivity contribution in [1.82, 2.24) is 19.9 Å². The molecule has 3 aromatic rings. The van der Waals surface area contributed by atoms with E-state index in [4.69, 9.17) is 0 Å². The van der Waals surface area contributed by atoms with E-state index in [0.717, 1.165) is 5.56 Å². The Labute approximate surface area is 158 Å². The van der Waals surface area contributed by atoms with E-state index >= 15 is 0 Å². The molecule has 0 spiro atoms.